The van der Waals surface area contributed by atoms with Gasteiger partial charge in [-0.2, -0.15) is 0 Å². The second-order valence-electron chi connectivity index (χ2n) is 4.87. The summed E-state index contributed by atoms with van der Waals surface area (Å²) in [5.41, 5.74) is 8.41. The quantitative estimate of drug-likeness (QED) is 0.857. The molecule has 0 saturated heterocycles. The topological polar surface area (TPSA) is 38.9 Å². The molecule has 2 nitrogen and oxygen atoms in total. The van der Waals surface area contributed by atoms with E-state index in [1.165, 1.54) is 16.0 Å². The van der Waals surface area contributed by atoms with Crippen LogP contribution in [0.15, 0.2) is 50.9 Å². The maximum atomic E-state index is 6.00. The van der Waals surface area contributed by atoms with Crippen molar-refractivity contribution in [3.8, 4) is 0 Å². The Balaban J connectivity index is 2.16. The zero-order valence-corrected chi connectivity index (χ0v) is 14.2. The van der Waals surface area contributed by atoms with Crippen LogP contribution in [-0.4, -0.2) is 11.0 Å². The Morgan fingerprint density at radius 3 is 2.75 bits per heavy atom. The number of aryl methyl sites for hydroxylation is 1. The van der Waals surface area contributed by atoms with Crippen LogP contribution in [0.25, 0.3) is 0 Å². The molecule has 0 aliphatic carbocycles. The first-order valence-corrected chi connectivity index (χ1v) is 8.34. The van der Waals surface area contributed by atoms with Gasteiger partial charge in [0, 0.05) is 21.6 Å². The van der Waals surface area contributed by atoms with Gasteiger partial charge >= 0.3 is 0 Å². The van der Waals surface area contributed by atoms with Crippen LogP contribution in [0.1, 0.15) is 24.5 Å². The highest BCUT2D eigenvalue weighted by atomic mass is 79.9. The molecule has 20 heavy (non-hydrogen) atoms. The van der Waals surface area contributed by atoms with Crippen LogP contribution in [0.5, 0.6) is 0 Å². The van der Waals surface area contributed by atoms with E-state index in [1.807, 2.05) is 24.4 Å². The highest BCUT2D eigenvalue weighted by Crippen LogP contribution is 2.33. The number of aromatic nitrogens is 1. The van der Waals surface area contributed by atoms with Crippen LogP contribution >= 0.6 is 27.7 Å². The lowest BCUT2D eigenvalue weighted by atomic mass is 10.1. The monoisotopic (exact) mass is 350 g/mol. The first-order chi connectivity index (χ1) is 9.60. The van der Waals surface area contributed by atoms with E-state index in [9.17, 15) is 0 Å². The van der Waals surface area contributed by atoms with E-state index in [-0.39, 0.29) is 6.04 Å². The van der Waals surface area contributed by atoms with E-state index in [0.29, 0.717) is 0 Å². The van der Waals surface area contributed by atoms with E-state index >= 15 is 0 Å². The van der Waals surface area contributed by atoms with Gasteiger partial charge in [0.15, 0.2) is 0 Å². The Morgan fingerprint density at radius 1 is 1.35 bits per heavy atom. The molecule has 0 aliphatic heterocycles. The van der Waals surface area contributed by atoms with Gasteiger partial charge in [-0.3, -0.25) is 0 Å². The van der Waals surface area contributed by atoms with Crippen molar-refractivity contribution in [1.29, 1.82) is 0 Å². The van der Waals surface area contributed by atoms with E-state index < -0.39 is 0 Å². The van der Waals surface area contributed by atoms with Gasteiger partial charge in [-0.15, -0.1) is 0 Å². The SMILES string of the molecule is CCC(N)Cc1cnc(Sc2ccccc2Br)c(C)c1. The van der Waals surface area contributed by atoms with Crippen LogP contribution in [0.3, 0.4) is 0 Å². The lowest BCUT2D eigenvalue weighted by molar-refractivity contribution is 0.644. The van der Waals surface area contributed by atoms with Crippen molar-refractivity contribution in [2.75, 3.05) is 0 Å². The molecular formula is C16H19BrN2S. The molecule has 2 rings (SSSR count). The Labute approximate surface area is 133 Å². The molecule has 1 aromatic heterocycles. The standard InChI is InChI=1S/C16H19BrN2S/c1-3-13(18)9-12-8-11(2)16(19-10-12)20-15-7-5-4-6-14(15)17/h4-8,10,13H,3,9,18H2,1-2H3. The molecule has 0 spiro atoms. The molecule has 0 fully saturated rings. The Hall–Kier alpha value is -0.840. The third-order valence-electron chi connectivity index (χ3n) is 3.15. The van der Waals surface area contributed by atoms with Gasteiger partial charge in [0.1, 0.15) is 5.03 Å². The van der Waals surface area contributed by atoms with Gasteiger partial charge in [0.25, 0.3) is 0 Å². The fourth-order valence-electron chi connectivity index (χ4n) is 1.92. The molecular weight excluding hydrogens is 332 g/mol. The van der Waals surface area contributed by atoms with E-state index in [2.05, 4.69) is 46.9 Å². The largest absolute Gasteiger partial charge is 0.327 e. The van der Waals surface area contributed by atoms with Crippen LogP contribution < -0.4 is 5.73 Å². The lowest BCUT2D eigenvalue weighted by Crippen LogP contribution is -2.21. The van der Waals surface area contributed by atoms with Crippen molar-refractivity contribution in [3.63, 3.8) is 0 Å². The molecule has 0 saturated carbocycles. The number of nitrogens with two attached hydrogens (primary N) is 1. The second kappa shape index (κ2) is 7.25. The number of hydrogen-bond acceptors (Lipinski definition) is 3. The average Bonchev–Trinajstić information content (AvgIpc) is 2.44. The third-order valence-corrected chi connectivity index (χ3v) is 5.30. The lowest BCUT2D eigenvalue weighted by Gasteiger charge is -2.11. The van der Waals surface area contributed by atoms with Crippen molar-refractivity contribution < 1.29 is 0 Å². The fourth-order valence-corrected chi connectivity index (χ4v) is 3.29. The number of rotatable bonds is 5. The van der Waals surface area contributed by atoms with Crippen molar-refractivity contribution in [1.82, 2.24) is 4.98 Å². The van der Waals surface area contributed by atoms with Crippen molar-refractivity contribution in [2.24, 2.45) is 5.73 Å². The second-order valence-corrected chi connectivity index (χ2v) is 6.76. The van der Waals surface area contributed by atoms with Crippen molar-refractivity contribution in [2.45, 2.75) is 42.7 Å². The number of benzene rings is 1. The molecule has 1 unspecified atom stereocenters. The third kappa shape index (κ3) is 4.08. The summed E-state index contributed by atoms with van der Waals surface area (Å²) >= 11 is 5.25. The van der Waals surface area contributed by atoms with Crippen LogP contribution in [0.4, 0.5) is 0 Å². The minimum Gasteiger partial charge on any atom is -0.327 e. The first kappa shape index (κ1) is 15.5. The molecule has 0 radical (unpaired) electrons. The van der Waals surface area contributed by atoms with Crippen molar-refractivity contribution in [3.05, 3.63) is 52.1 Å². The first-order valence-electron chi connectivity index (χ1n) is 6.73. The predicted molar refractivity (Wildman–Crippen MR) is 89.2 cm³/mol. The Morgan fingerprint density at radius 2 is 2.10 bits per heavy atom. The zero-order valence-electron chi connectivity index (χ0n) is 11.8. The molecule has 1 atom stereocenters. The summed E-state index contributed by atoms with van der Waals surface area (Å²) in [5.74, 6) is 0. The van der Waals surface area contributed by atoms with Crippen LogP contribution in [0, 0.1) is 6.92 Å². The predicted octanol–water partition coefficient (Wildman–Crippen LogP) is 4.58. The number of pyridine rings is 1. The number of hydrogen-bond donors (Lipinski definition) is 1. The summed E-state index contributed by atoms with van der Waals surface area (Å²) in [5, 5.41) is 1.05. The van der Waals surface area contributed by atoms with Gasteiger partial charge in [-0.05, 0) is 59.0 Å². The summed E-state index contributed by atoms with van der Waals surface area (Å²) in [6, 6.07) is 10.6. The maximum absolute atomic E-state index is 6.00. The molecule has 106 valence electrons. The van der Waals surface area contributed by atoms with Gasteiger partial charge in [0.2, 0.25) is 0 Å². The molecule has 4 heteroatoms. The molecule has 2 N–H and O–H groups in total. The van der Waals surface area contributed by atoms with Gasteiger partial charge in [0.05, 0.1) is 0 Å². The fraction of sp³-hybridized carbons (Fsp3) is 0.312. The highest BCUT2D eigenvalue weighted by molar-refractivity contribution is 9.10. The Kier molecular flexibility index (Phi) is 5.64. The van der Waals surface area contributed by atoms with E-state index in [4.69, 9.17) is 5.73 Å². The summed E-state index contributed by atoms with van der Waals surface area (Å²) in [7, 11) is 0. The number of nitrogens with zero attached hydrogens (tertiary/aromatic N) is 1. The molecule has 1 aromatic carbocycles. The average molecular weight is 351 g/mol. The smallest absolute Gasteiger partial charge is 0.104 e. The summed E-state index contributed by atoms with van der Waals surface area (Å²) in [6.07, 6.45) is 3.83. The van der Waals surface area contributed by atoms with Crippen LogP contribution in [0.2, 0.25) is 0 Å². The maximum Gasteiger partial charge on any atom is 0.104 e. The molecule has 0 amide bonds. The number of halogens is 1. The normalized spacial score (nSPS) is 12.4. The zero-order chi connectivity index (χ0) is 14.5. The minimum absolute atomic E-state index is 0.220. The Bertz CT molecular complexity index is 586. The van der Waals surface area contributed by atoms with E-state index in [0.717, 1.165) is 22.3 Å². The molecule has 2 aromatic rings. The summed E-state index contributed by atoms with van der Waals surface area (Å²) in [4.78, 5) is 5.77. The van der Waals surface area contributed by atoms with E-state index in [1.54, 1.807) is 11.8 Å². The van der Waals surface area contributed by atoms with Gasteiger partial charge in [-0.25, -0.2) is 4.98 Å². The highest BCUT2D eigenvalue weighted by Gasteiger charge is 2.08. The molecule has 1 heterocycles. The van der Waals surface area contributed by atoms with Crippen molar-refractivity contribution >= 4 is 27.7 Å². The summed E-state index contributed by atoms with van der Waals surface area (Å²) < 4.78 is 1.10. The van der Waals surface area contributed by atoms with Gasteiger partial charge in [-0.1, -0.05) is 36.9 Å². The molecule has 0 bridgehead atoms. The molecule has 0 aliphatic rings. The van der Waals surface area contributed by atoms with Gasteiger partial charge < -0.3 is 5.73 Å². The minimum atomic E-state index is 0.220. The van der Waals surface area contributed by atoms with Crippen LogP contribution in [-0.2, 0) is 6.42 Å². The summed E-state index contributed by atoms with van der Waals surface area (Å²) in [6.45, 7) is 4.22.